The van der Waals surface area contributed by atoms with Crippen molar-refractivity contribution in [3.63, 3.8) is 0 Å². The molecule has 2 aliphatic rings. The van der Waals surface area contributed by atoms with Crippen LogP contribution in [-0.4, -0.2) is 82.2 Å². The number of hydrogen-bond acceptors (Lipinski definition) is 10. The zero-order chi connectivity index (χ0) is 32.0. The summed E-state index contributed by atoms with van der Waals surface area (Å²) >= 11 is 3.45. The molecule has 0 aromatic carbocycles. The molecule has 2 aromatic rings. The molecule has 4 heterocycles. The summed E-state index contributed by atoms with van der Waals surface area (Å²) in [5.74, 6) is 0.233. The minimum Gasteiger partial charge on any atom is -0.407 e. The van der Waals surface area contributed by atoms with Gasteiger partial charge in [-0.25, -0.2) is 19.5 Å². The van der Waals surface area contributed by atoms with Crippen LogP contribution in [0.1, 0.15) is 86.3 Å². The molecule has 2 saturated heterocycles. The topological polar surface area (TPSA) is 147 Å². The van der Waals surface area contributed by atoms with Gasteiger partial charge in [0.2, 0.25) is 0 Å². The van der Waals surface area contributed by atoms with Crippen LogP contribution in [-0.2, 0) is 22.8 Å². The number of fused-ring (bicyclic) bond motifs is 2. The van der Waals surface area contributed by atoms with Crippen molar-refractivity contribution in [2.24, 2.45) is 0 Å². The van der Waals surface area contributed by atoms with Crippen LogP contribution in [0, 0.1) is 0 Å². The zero-order valence-corrected chi connectivity index (χ0v) is 30.6. The molecule has 15 heteroatoms. The third kappa shape index (κ3) is 9.29. The molecule has 1 unspecified atom stereocenters. The predicted octanol–water partition coefficient (Wildman–Crippen LogP) is 6.66. The van der Waals surface area contributed by atoms with Crippen molar-refractivity contribution in [3.05, 3.63) is 11.1 Å². The molecule has 246 valence electrons. The second-order valence-corrected chi connectivity index (χ2v) is 19.7. The van der Waals surface area contributed by atoms with E-state index in [1.165, 1.54) is 64.5 Å². The van der Waals surface area contributed by atoms with Gasteiger partial charge in [-0.2, -0.15) is 0 Å². The SMILES string of the molecule is CC(C)(C)[Si](C)(C)O[C@@H]1[C@@H]2OP(=O)(O)OC[C@H]2O[C@H]1n1c(Br)nc2c(N)ncnc21.CCCCN(CCCC)CCCC. The van der Waals surface area contributed by atoms with E-state index in [4.69, 9.17) is 23.9 Å². The summed E-state index contributed by atoms with van der Waals surface area (Å²) in [6.07, 6.45) is 6.62. The third-order valence-electron chi connectivity index (χ3n) is 8.38. The smallest absolute Gasteiger partial charge is 0.407 e. The Kier molecular flexibility index (Phi) is 13.2. The number of nitrogens with zero attached hydrogens (tertiary/aromatic N) is 5. The normalized spacial score (nSPS) is 26.0. The molecule has 0 aliphatic carbocycles. The van der Waals surface area contributed by atoms with Gasteiger partial charge in [0.1, 0.15) is 24.6 Å². The summed E-state index contributed by atoms with van der Waals surface area (Å²) in [6.45, 7) is 21.2. The Morgan fingerprint density at radius 3 is 2.26 bits per heavy atom. The van der Waals surface area contributed by atoms with Crippen LogP contribution in [0.25, 0.3) is 11.2 Å². The number of anilines is 1. The van der Waals surface area contributed by atoms with Crippen LogP contribution in [0.5, 0.6) is 0 Å². The Bertz CT molecular complexity index is 1210. The Labute approximate surface area is 266 Å². The van der Waals surface area contributed by atoms with Gasteiger partial charge in [-0.15, -0.1) is 0 Å². The van der Waals surface area contributed by atoms with Gasteiger partial charge in [0.05, 0.1) is 6.61 Å². The first-order valence-electron chi connectivity index (χ1n) is 15.5. The van der Waals surface area contributed by atoms with E-state index in [-0.39, 0.29) is 17.5 Å². The number of rotatable bonds is 12. The predicted molar refractivity (Wildman–Crippen MR) is 175 cm³/mol. The van der Waals surface area contributed by atoms with Gasteiger partial charge >= 0.3 is 7.82 Å². The summed E-state index contributed by atoms with van der Waals surface area (Å²) in [4.78, 5) is 25.3. The van der Waals surface area contributed by atoms with Crippen molar-refractivity contribution < 1.29 is 27.7 Å². The molecule has 0 saturated carbocycles. The molecule has 0 bridgehead atoms. The highest BCUT2D eigenvalue weighted by molar-refractivity contribution is 9.10. The van der Waals surface area contributed by atoms with Gasteiger partial charge in [0.25, 0.3) is 0 Å². The van der Waals surface area contributed by atoms with E-state index in [0.717, 1.165) is 0 Å². The molecule has 2 aliphatic heterocycles. The van der Waals surface area contributed by atoms with Crippen molar-refractivity contribution in [1.29, 1.82) is 0 Å². The summed E-state index contributed by atoms with van der Waals surface area (Å²) in [5, 5.41) is -0.107. The van der Waals surface area contributed by atoms with Gasteiger partial charge in [-0.1, -0.05) is 60.8 Å². The molecular formula is C28H52BrN6O6PSi. The molecule has 43 heavy (non-hydrogen) atoms. The number of nitrogen functional groups attached to an aromatic ring is 1. The number of nitrogens with two attached hydrogens (primary N) is 1. The Hall–Kier alpha value is -0.963. The van der Waals surface area contributed by atoms with Gasteiger partial charge in [0.15, 0.2) is 36.3 Å². The number of imidazole rings is 1. The summed E-state index contributed by atoms with van der Waals surface area (Å²) < 4.78 is 37.5. The number of halogens is 1. The number of ether oxygens (including phenoxy) is 1. The first-order valence-corrected chi connectivity index (χ1v) is 20.7. The fourth-order valence-corrected chi connectivity index (χ4v) is 7.57. The molecule has 0 radical (unpaired) electrons. The quantitative estimate of drug-likeness (QED) is 0.139. The van der Waals surface area contributed by atoms with E-state index >= 15 is 0 Å². The molecule has 4 rings (SSSR count). The lowest BCUT2D eigenvalue weighted by atomic mass is 10.1. The number of hydrogen-bond donors (Lipinski definition) is 2. The largest absolute Gasteiger partial charge is 0.472 e. The highest BCUT2D eigenvalue weighted by Gasteiger charge is 2.56. The van der Waals surface area contributed by atoms with Crippen LogP contribution in [0.2, 0.25) is 18.1 Å². The first-order chi connectivity index (χ1) is 20.2. The number of unbranched alkanes of at least 4 members (excludes halogenated alkanes) is 3. The van der Waals surface area contributed by atoms with Crippen molar-refractivity contribution in [3.8, 4) is 0 Å². The fraction of sp³-hybridized carbons (Fsp3) is 0.821. The lowest BCUT2D eigenvalue weighted by Crippen LogP contribution is -2.50. The molecule has 2 aromatic heterocycles. The number of aromatic nitrogens is 4. The standard InChI is InChI=1S/C16H25BrN5O6PSi.C12H27N/c1-16(2,3)30(4,5)28-11-10-8(6-25-29(23,24)27-10)26-14(11)22-13-9(21-15(22)17)12(18)19-7-20-13;1-4-7-10-13(11-8-5-2)12-9-6-3/h7-8,10-11,14H,6H2,1-5H3,(H,23,24)(H2,18,19,20);4-12H2,1-3H3/t8-,10-,11-,14-;/m1./s1. The van der Waals surface area contributed by atoms with Crippen LogP contribution < -0.4 is 5.73 Å². The average molecular weight is 708 g/mol. The van der Waals surface area contributed by atoms with E-state index in [1.807, 2.05) is 0 Å². The molecule has 12 nitrogen and oxygen atoms in total. The molecule has 0 spiro atoms. The van der Waals surface area contributed by atoms with Crippen molar-refractivity contribution in [2.75, 3.05) is 32.0 Å². The van der Waals surface area contributed by atoms with E-state index in [0.29, 0.717) is 15.9 Å². The first kappa shape index (κ1) is 36.5. The van der Waals surface area contributed by atoms with Crippen molar-refractivity contribution in [1.82, 2.24) is 24.4 Å². The fourth-order valence-electron chi connectivity index (χ4n) is 4.78. The maximum atomic E-state index is 12.1. The molecule has 5 atom stereocenters. The lowest BCUT2D eigenvalue weighted by molar-refractivity contribution is -0.0669. The second-order valence-electron chi connectivity index (χ2n) is 12.8. The number of phosphoric acid groups is 1. The van der Waals surface area contributed by atoms with Crippen molar-refractivity contribution in [2.45, 2.75) is 123 Å². The second kappa shape index (κ2) is 15.6. The molecule has 3 N–H and O–H groups in total. The Morgan fingerprint density at radius 2 is 1.72 bits per heavy atom. The Morgan fingerprint density at radius 1 is 1.14 bits per heavy atom. The van der Waals surface area contributed by atoms with E-state index in [2.05, 4.69) is 90.4 Å². The number of phosphoric ester groups is 1. The minimum atomic E-state index is -4.20. The Balaban J connectivity index is 0.000000331. The average Bonchev–Trinajstić information content (AvgIpc) is 3.43. The zero-order valence-electron chi connectivity index (χ0n) is 27.1. The van der Waals surface area contributed by atoms with Gasteiger partial charge in [0, 0.05) is 0 Å². The van der Waals surface area contributed by atoms with Crippen LogP contribution in [0.15, 0.2) is 11.1 Å². The maximum absolute atomic E-state index is 12.1. The lowest BCUT2D eigenvalue weighted by Gasteiger charge is -2.41. The highest BCUT2D eigenvalue weighted by atomic mass is 79.9. The summed E-state index contributed by atoms with van der Waals surface area (Å²) in [5.41, 5.74) is 6.82. The molecule has 2 fully saturated rings. The molecule has 0 amide bonds. The van der Waals surface area contributed by atoms with Crippen molar-refractivity contribution >= 4 is 49.1 Å². The maximum Gasteiger partial charge on any atom is 0.472 e. The van der Waals surface area contributed by atoms with Gasteiger partial charge in [-0.05, 0) is 73.0 Å². The van der Waals surface area contributed by atoms with E-state index < -0.39 is 40.7 Å². The summed E-state index contributed by atoms with van der Waals surface area (Å²) in [7, 11) is -6.52. The van der Waals surface area contributed by atoms with E-state index in [1.54, 1.807) is 4.57 Å². The van der Waals surface area contributed by atoms with Crippen LogP contribution >= 0.6 is 23.8 Å². The van der Waals surface area contributed by atoms with Crippen LogP contribution in [0.3, 0.4) is 0 Å². The van der Waals surface area contributed by atoms with Gasteiger partial charge < -0.3 is 24.7 Å². The highest BCUT2D eigenvalue weighted by Crippen LogP contribution is 2.54. The van der Waals surface area contributed by atoms with Gasteiger partial charge in [-0.3, -0.25) is 13.6 Å². The monoisotopic (exact) mass is 706 g/mol. The minimum absolute atomic E-state index is 0.0896. The van der Waals surface area contributed by atoms with E-state index in [9.17, 15) is 9.46 Å². The van der Waals surface area contributed by atoms with Crippen LogP contribution in [0.4, 0.5) is 5.82 Å². The third-order valence-corrected chi connectivity index (χ3v) is 14.4. The molecular weight excluding hydrogens is 655 g/mol. The summed E-state index contributed by atoms with van der Waals surface area (Å²) in [6, 6.07) is 0.